The first-order valence-electron chi connectivity index (χ1n) is 6.83. The number of rotatable bonds is 4. The summed E-state index contributed by atoms with van der Waals surface area (Å²) in [5.74, 6) is -1.15. The van der Waals surface area contributed by atoms with Gasteiger partial charge in [-0.15, -0.1) is 0 Å². The zero-order valence-electron chi connectivity index (χ0n) is 11.9. The molecule has 0 fully saturated rings. The monoisotopic (exact) mass is 314 g/mol. The summed E-state index contributed by atoms with van der Waals surface area (Å²) in [6.45, 7) is 0. The number of hydrogen-bond acceptors (Lipinski definition) is 3. The van der Waals surface area contributed by atoms with Gasteiger partial charge in [0.1, 0.15) is 5.82 Å². The standard InChI is InChI=1S/C16H12F2N4O/c17-13-4-2-1-3-11(13)9-16(23)20-15-6-8-22(21-15)12-5-7-19-14(18)10-12/h1-8,10H,9H2,(H,20,21,23). The van der Waals surface area contributed by atoms with Gasteiger partial charge in [0.05, 0.1) is 12.1 Å². The van der Waals surface area contributed by atoms with Crippen LogP contribution >= 0.6 is 0 Å². The zero-order valence-corrected chi connectivity index (χ0v) is 11.9. The van der Waals surface area contributed by atoms with Gasteiger partial charge >= 0.3 is 0 Å². The van der Waals surface area contributed by atoms with Gasteiger partial charge in [-0.05, 0) is 17.7 Å². The van der Waals surface area contributed by atoms with Crippen LogP contribution in [0.25, 0.3) is 5.69 Å². The topological polar surface area (TPSA) is 59.8 Å². The average molecular weight is 314 g/mol. The SMILES string of the molecule is O=C(Cc1ccccc1F)Nc1ccn(-c2ccnc(F)c2)n1. The van der Waals surface area contributed by atoms with Crippen LogP contribution in [0.5, 0.6) is 0 Å². The summed E-state index contributed by atoms with van der Waals surface area (Å²) in [6.07, 6.45) is 2.81. The molecule has 5 nitrogen and oxygen atoms in total. The smallest absolute Gasteiger partial charge is 0.230 e. The second kappa shape index (κ2) is 6.35. The van der Waals surface area contributed by atoms with E-state index in [-0.39, 0.29) is 12.3 Å². The predicted molar refractivity (Wildman–Crippen MR) is 80.1 cm³/mol. The molecule has 23 heavy (non-hydrogen) atoms. The maximum Gasteiger partial charge on any atom is 0.230 e. The summed E-state index contributed by atoms with van der Waals surface area (Å²) in [5, 5.41) is 6.70. The molecule has 0 unspecified atom stereocenters. The van der Waals surface area contributed by atoms with Crippen molar-refractivity contribution in [2.45, 2.75) is 6.42 Å². The number of nitrogens with zero attached hydrogens (tertiary/aromatic N) is 3. The Hall–Kier alpha value is -3.09. The lowest BCUT2D eigenvalue weighted by molar-refractivity contribution is -0.115. The van der Waals surface area contributed by atoms with E-state index < -0.39 is 11.8 Å². The van der Waals surface area contributed by atoms with E-state index in [0.717, 1.165) is 0 Å². The van der Waals surface area contributed by atoms with Gasteiger partial charge in [-0.25, -0.2) is 14.1 Å². The van der Waals surface area contributed by atoms with E-state index in [9.17, 15) is 13.6 Å². The van der Waals surface area contributed by atoms with Crippen molar-refractivity contribution < 1.29 is 13.6 Å². The van der Waals surface area contributed by atoms with Gasteiger partial charge in [-0.1, -0.05) is 18.2 Å². The van der Waals surface area contributed by atoms with Gasteiger partial charge in [0, 0.05) is 24.5 Å². The minimum atomic E-state index is -0.622. The van der Waals surface area contributed by atoms with E-state index in [1.54, 1.807) is 36.5 Å². The minimum Gasteiger partial charge on any atom is -0.309 e. The second-order valence-corrected chi connectivity index (χ2v) is 4.80. The summed E-state index contributed by atoms with van der Waals surface area (Å²) in [4.78, 5) is 15.4. The van der Waals surface area contributed by atoms with Crippen LogP contribution in [-0.2, 0) is 11.2 Å². The molecule has 116 valence electrons. The molecule has 2 aromatic heterocycles. The van der Waals surface area contributed by atoms with Crippen LogP contribution < -0.4 is 5.32 Å². The number of pyridine rings is 1. The molecule has 0 bridgehead atoms. The van der Waals surface area contributed by atoms with Crippen LogP contribution in [0, 0.1) is 11.8 Å². The number of hydrogen-bond donors (Lipinski definition) is 1. The molecule has 3 rings (SSSR count). The molecule has 0 aliphatic carbocycles. The van der Waals surface area contributed by atoms with Gasteiger partial charge in [-0.3, -0.25) is 4.79 Å². The van der Waals surface area contributed by atoms with Crippen molar-refractivity contribution in [3.63, 3.8) is 0 Å². The fourth-order valence-electron chi connectivity index (χ4n) is 2.07. The summed E-state index contributed by atoms with van der Waals surface area (Å²) in [5.41, 5.74) is 0.785. The summed E-state index contributed by atoms with van der Waals surface area (Å²) in [6, 6.07) is 10.4. The number of halogens is 2. The Labute approximate surface area is 130 Å². The summed E-state index contributed by atoms with van der Waals surface area (Å²) in [7, 11) is 0. The van der Waals surface area contributed by atoms with E-state index in [1.807, 2.05) is 0 Å². The van der Waals surface area contributed by atoms with Crippen molar-refractivity contribution in [1.82, 2.24) is 14.8 Å². The molecular formula is C16H12F2N4O. The molecule has 0 saturated heterocycles. The van der Waals surface area contributed by atoms with Crippen LogP contribution in [0.3, 0.4) is 0 Å². The maximum absolute atomic E-state index is 13.5. The Balaban J connectivity index is 1.69. The number of carbonyl (C=O) groups excluding carboxylic acids is 1. The Morgan fingerprint density at radius 1 is 1.17 bits per heavy atom. The molecule has 0 radical (unpaired) electrons. The van der Waals surface area contributed by atoms with Crippen molar-refractivity contribution in [3.8, 4) is 5.69 Å². The number of nitrogens with one attached hydrogen (secondary N) is 1. The Morgan fingerprint density at radius 3 is 2.78 bits per heavy atom. The minimum absolute atomic E-state index is 0.0938. The van der Waals surface area contributed by atoms with E-state index in [4.69, 9.17) is 0 Å². The summed E-state index contributed by atoms with van der Waals surface area (Å²) < 4.78 is 28.0. The highest BCUT2D eigenvalue weighted by Crippen LogP contribution is 2.12. The first-order chi connectivity index (χ1) is 11.1. The molecular weight excluding hydrogens is 302 g/mol. The normalized spacial score (nSPS) is 10.5. The maximum atomic E-state index is 13.5. The molecule has 1 amide bonds. The van der Waals surface area contributed by atoms with Crippen molar-refractivity contribution >= 4 is 11.7 Å². The van der Waals surface area contributed by atoms with E-state index >= 15 is 0 Å². The average Bonchev–Trinajstić information content (AvgIpc) is 2.98. The number of aromatic nitrogens is 3. The quantitative estimate of drug-likeness (QED) is 0.753. The molecule has 0 aliphatic heterocycles. The molecule has 1 N–H and O–H groups in total. The third kappa shape index (κ3) is 3.57. The highest BCUT2D eigenvalue weighted by atomic mass is 19.1. The first kappa shape index (κ1) is 14.8. The predicted octanol–water partition coefficient (Wildman–Crippen LogP) is 2.73. The molecule has 3 aromatic rings. The lowest BCUT2D eigenvalue weighted by Gasteiger charge is -2.04. The van der Waals surface area contributed by atoms with Crippen LogP contribution in [0.2, 0.25) is 0 Å². The van der Waals surface area contributed by atoms with Crippen molar-refractivity contribution in [2.24, 2.45) is 0 Å². The van der Waals surface area contributed by atoms with Gasteiger partial charge in [-0.2, -0.15) is 9.49 Å². The molecule has 2 heterocycles. The number of benzene rings is 1. The lowest BCUT2D eigenvalue weighted by atomic mass is 10.1. The zero-order chi connectivity index (χ0) is 16.2. The van der Waals surface area contributed by atoms with Crippen LogP contribution in [0.1, 0.15) is 5.56 Å². The fraction of sp³-hybridized carbons (Fsp3) is 0.0625. The first-order valence-corrected chi connectivity index (χ1v) is 6.83. The Bertz CT molecular complexity index is 847. The molecule has 0 atom stereocenters. The van der Waals surface area contributed by atoms with Crippen LogP contribution in [0.15, 0.2) is 54.9 Å². The van der Waals surface area contributed by atoms with Crippen LogP contribution in [0.4, 0.5) is 14.6 Å². The van der Waals surface area contributed by atoms with E-state index in [2.05, 4.69) is 15.4 Å². The fourth-order valence-corrected chi connectivity index (χ4v) is 2.07. The largest absolute Gasteiger partial charge is 0.309 e. The van der Waals surface area contributed by atoms with Crippen molar-refractivity contribution in [3.05, 3.63) is 72.2 Å². The van der Waals surface area contributed by atoms with E-state index in [1.165, 1.54) is 23.0 Å². The molecule has 0 aliphatic rings. The number of amides is 1. The number of carbonyl (C=O) groups is 1. The van der Waals surface area contributed by atoms with Gasteiger partial charge < -0.3 is 5.32 Å². The molecule has 0 saturated carbocycles. The molecule has 1 aromatic carbocycles. The highest BCUT2D eigenvalue weighted by molar-refractivity contribution is 5.91. The molecule has 0 spiro atoms. The van der Waals surface area contributed by atoms with Crippen molar-refractivity contribution in [1.29, 1.82) is 0 Å². The third-order valence-electron chi connectivity index (χ3n) is 3.14. The Morgan fingerprint density at radius 2 is 2.00 bits per heavy atom. The lowest BCUT2D eigenvalue weighted by Crippen LogP contribution is -2.15. The van der Waals surface area contributed by atoms with E-state index in [0.29, 0.717) is 17.1 Å². The van der Waals surface area contributed by atoms with Gasteiger partial charge in [0.25, 0.3) is 0 Å². The number of anilines is 1. The van der Waals surface area contributed by atoms with Gasteiger partial charge in [0.15, 0.2) is 5.82 Å². The highest BCUT2D eigenvalue weighted by Gasteiger charge is 2.10. The van der Waals surface area contributed by atoms with Crippen molar-refractivity contribution in [2.75, 3.05) is 5.32 Å². The Kier molecular flexibility index (Phi) is 4.09. The summed E-state index contributed by atoms with van der Waals surface area (Å²) >= 11 is 0. The molecule has 7 heteroatoms. The van der Waals surface area contributed by atoms with Gasteiger partial charge in [0.2, 0.25) is 11.9 Å². The third-order valence-corrected chi connectivity index (χ3v) is 3.14. The second-order valence-electron chi connectivity index (χ2n) is 4.80. The van der Waals surface area contributed by atoms with Crippen LogP contribution in [-0.4, -0.2) is 20.7 Å².